The SMILES string of the molecule is C1=c2ccccc2=CC2c3ccc(-c4ccc(N(c5ccccc5)c5ccc(-c6ccccc6)nc5)cc4)c4cccc(c34)C12. The lowest BCUT2D eigenvalue weighted by atomic mass is 9.85. The first-order valence-electron chi connectivity index (χ1n) is 15.6. The summed E-state index contributed by atoms with van der Waals surface area (Å²) in [6, 6.07) is 54.4. The summed E-state index contributed by atoms with van der Waals surface area (Å²) < 4.78 is 0. The molecule has 0 saturated heterocycles. The summed E-state index contributed by atoms with van der Waals surface area (Å²) in [5.74, 6) is 0.773. The smallest absolute Gasteiger partial charge is 0.0703 e. The maximum atomic E-state index is 4.84. The van der Waals surface area contributed by atoms with E-state index in [2.05, 4.69) is 151 Å². The normalized spacial score (nSPS) is 15.9. The molecule has 212 valence electrons. The van der Waals surface area contributed by atoms with Gasteiger partial charge in [-0.15, -0.1) is 0 Å². The molecule has 0 amide bonds. The van der Waals surface area contributed by atoms with Crippen molar-refractivity contribution in [2.45, 2.75) is 11.8 Å². The van der Waals surface area contributed by atoms with Gasteiger partial charge in [0.05, 0.1) is 17.6 Å². The molecular weight excluding hydrogens is 544 g/mol. The van der Waals surface area contributed by atoms with Gasteiger partial charge < -0.3 is 4.90 Å². The molecule has 1 heterocycles. The zero-order valence-corrected chi connectivity index (χ0v) is 24.7. The summed E-state index contributed by atoms with van der Waals surface area (Å²) in [5.41, 5.74) is 10.7. The molecule has 0 aliphatic heterocycles. The monoisotopic (exact) mass is 574 g/mol. The summed E-state index contributed by atoms with van der Waals surface area (Å²) in [5, 5.41) is 5.43. The van der Waals surface area contributed by atoms with Gasteiger partial charge in [0.25, 0.3) is 0 Å². The third-order valence-corrected chi connectivity index (χ3v) is 9.45. The van der Waals surface area contributed by atoms with Crippen molar-refractivity contribution in [1.29, 1.82) is 0 Å². The largest absolute Gasteiger partial charge is 0.309 e. The Morgan fingerprint density at radius 2 is 1.07 bits per heavy atom. The molecule has 0 radical (unpaired) electrons. The highest BCUT2D eigenvalue weighted by Crippen LogP contribution is 2.51. The third-order valence-electron chi connectivity index (χ3n) is 9.45. The first-order valence-corrected chi connectivity index (χ1v) is 15.6. The number of benzene rings is 6. The van der Waals surface area contributed by atoms with Crippen LogP contribution in [-0.2, 0) is 0 Å². The third kappa shape index (κ3) is 4.29. The van der Waals surface area contributed by atoms with E-state index >= 15 is 0 Å². The van der Waals surface area contributed by atoms with Gasteiger partial charge in [-0.3, -0.25) is 4.98 Å². The number of hydrogen-bond acceptors (Lipinski definition) is 2. The molecule has 2 heteroatoms. The Hall–Kier alpha value is -5.73. The van der Waals surface area contributed by atoms with Crippen LogP contribution in [0.2, 0.25) is 0 Å². The fourth-order valence-electron chi connectivity index (χ4n) is 7.36. The van der Waals surface area contributed by atoms with Crippen molar-refractivity contribution in [3.63, 3.8) is 0 Å². The average Bonchev–Trinajstić information content (AvgIpc) is 3.43. The van der Waals surface area contributed by atoms with Crippen LogP contribution in [0.4, 0.5) is 17.1 Å². The van der Waals surface area contributed by atoms with E-state index in [0.29, 0.717) is 11.8 Å². The second-order valence-electron chi connectivity index (χ2n) is 12.0. The Labute approximate surface area is 262 Å². The molecule has 1 aromatic heterocycles. The van der Waals surface area contributed by atoms with Crippen molar-refractivity contribution >= 4 is 40.0 Å². The molecule has 2 unspecified atom stereocenters. The number of aromatic nitrogens is 1. The lowest BCUT2D eigenvalue weighted by molar-refractivity contribution is 0.834. The number of fused-ring (bicyclic) bond motifs is 4. The zero-order valence-electron chi connectivity index (χ0n) is 24.7. The molecule has 9 rings (SSSR count). The second-order valence-corrected chi connectivity index (χ2v) is 12.0. The van der Waals surface area contributed by atoms with E-state index in [-0.39, 0.29) is 0 Å². The van der Waals surface area contributed by atoms with Gasteiger partial charge in [-0.05, 0) is 79.9 Å². The number of anilines is 3. The summed E-state index contributed by atoms with van der Waals surface area (Å²) in [6.45, 7) is 0. The van der Waals surface area contributed by atoms with E-state index in [1.54, 1.807) is 0 Å². The van der Waals surface area contributed by atoms with Crippen LogP contribution in [0.5, 0.6) is 0 Å². The van der Waals surface area contributed by atoms with Crippen molar-refractivity contribution in [2.75, 3.05) is 4.90 Å². The van der Waals surface area contributed by atoms with Gasteiger partial charge in [-0.1, -0.05) is 127 Å². The molecule has 0 saturated carbocycles. The molecule has 45 heavy (non-hydrogen) atoms. The van der Waals surface area contributed by atoms with Gasteiger partial charge in [-0.2, -0.15) is 0 Å². The van der Waals surface area contributed by atoms with Crippen LogP contribution in [0.1, 0.15) is 23.0 Å². The van der Waals surface area contributed by atoms with Crippen LogP contribution in [0.25, 0.3) is 45.3 Å². The van der Waals surface area contributed by atoms with Crippen molar-refractivity contribution in [3.05, 3.63) is 179 Å². The summed E-state index contributed by atoms with van der Waals surface area (Å²) in [6.07, 6.45) is 6.92. The molecule has 0 spiro atoms. The van der Waals surface area contributed by atoms with E-state index < -0.39 is 0 Å². The van der Waals surface area contributed by atoms with Crippen LogP contribution in [0, 0.1) is 0 Å². The fraction of sp³-hybridized carbons (Fsp3) is 0.0465. The highest BCUT2D eigenvalue weighted by molar-refractivity contribution is 6.04. The van der Waals surface area contributed by atoms with Gasteiger partial charge in [0, 0.05) is 28.8 Å². The predicted molar refractivity (Wildman–Crippen MR) is 187 cm³/mol. The molecule has 0 N–H and O–H groups in total. The van der Waals surface area contributed by atoms with Crippen molar-refractivity contribution < 1.29 is 0 Å². The van der Waals surface area contributed by atoms with Crippen LogP contribution >= 0.6 is 0 Å². The van der Waals surface area contributed by atoms with Gasteiger partial charge in [0.15, 0.2) is 0 Å². The lowest BCUT2D eigenvalue weighted by Crippen LogP contribution is -2.29. The van der Waals surface area contributed by atoms with E-state index in [0.717, 1.165) is 28.3 Å². The minimum absolute atomic E-state index is 0.387. The van der Waals surface area contributed by atoms with Crippen LogP contribution < -0.4 is 15.3 Å². The Bertz CT molecular complexity index is 2260. The summed E-state index contributed by atoms with van der Waals surface area (Å²) in [7, 11) is 0. The van der Waals surface area contributed by atoms with Gasteiger partial charge in [0.1, 0.15) is 0 Å². The zero-order chi connectivity index (χ0) is 29.7. The van der Waals surface area contributed by atoms with Gasteiger partial charge in [-0.25, -0.2) is 0 Å². The van der Waals surface area contributed by atoms with Crippen LogP contribution in [-0.4, -0.2) is 4.98 Å². The van der Waals surface area contributed by atoms with Crippen molar-refractivity contribution in [2.24, 2.45) is 0 Å². The quantitative estimate of drug-likeness (QED) is 0.204. The number of rotatable bonds is 5. The first kappa shape index (κ1) is 25.7. The molecule has 2 nitrogen and oxygen atoms in total. The highest BCUT2D eigenvalue weighted by atomic mass is 15.1. The molecule has 7 aromatic rings. The minimum Gasteiger partial charge on any atom is -0.309 e. The van der Waals surface area contributed by atoms with Crippen molar-refractivity contribution in [1.82, 2.24) is 4.98 Å². The molecule has 6 aromatic carbocycles. The summed E-state index contributed by atoms with van der Waals surface area (Å²) >= 11 is 0. The predicted octanol–water partition coefficient (Wildman–Crippen LogP) is 9.49. The molecule has 2 aliphatic carbocycles. The number of hydrogen-bond donors (Lipinski definition) is 0. The molecule has 2 aliphatic rings. The fourth-order valence-corrected chi connectivity index (χ4v) is 7.36. The molecule has 2 atom stereocenters. The Morgan fingerprint density at radius 3 is 1.76 bits per heavy atom. The lowest BCUT2D eigenvalue weighted by Gasteiger charge is -2.25. The molecule has 0 fully saturated rings. The molecular formula is C43H30N2. The highest BCUT2D eigenvalue weighted by Gasteiger charge is 2.33. The van der Waals surface area contributed by atoms with Crippen LogP contribution in [0.3, 0.4) is 0 Å². The second kappa shape index (κ2) is 10.5. The van der Waals surface area contributed by atoms with E-state index in [4.69, 9.17) is 4.98 Å². The Balaban J connectivity index is 1.11. The van der Waals surface area contributed by atoms with Crippen molar-refractivity contribution in [3.8, 4) is 22.4 Å². The van der Waals surface area contributed by atoms with Crippen LogP contribution in [0.15, 0.2) is 158 Å². The van der Waals surface area contributed by atoms with E-state index in [1.807, 2.05) is 24.4 Å². The van der Waals surface area contributed by atoms with E-state index in [1.165, 1.54) is 43.5 Å². The maximum absolute atomic E-state index is 4.84. The first-order chi connectivity index (χ1) is 22.3. The van der Waals surface area contributed by atoms with E-state index in [9.17, 15) is 0 Å². The maximum Gasteiger partial charge on any atom is 0.0703 e. The average molecular weight is 575 g/mol. The van der Waals surface area contributed by atoms with Gasteiger partial charge in [0.2, 0.25) is 0 Å². The number of pyridine rings is 1. The van der Waals surface area contributed by atoms with Gasteiger partial charge >= 0.3 is 0 Å². The minimum atomic E-state index is 0.387. The summed E-state index contributed by atoms with van der Waals surface area (Å²) in [4.78, 5) is 7.11. The Kier molecular flexibility index (Phi) is 5.99. The standard InChI is InChI=1S/C43H30N2/c1-3-10-30(11-4-1)42-25-22-35(28-44-42)45(33-14-5-2-6-15-33)34-20-18-29(19-21-34)36-23-24-39-41-27-32-13-8-7-12-31(32)26-40(41)38-17-9-16-37(36)43(38)39/h1-28,40-41H. The Morgan fingerprint density at radius 1 is 0.444 bits per heavy atom. The molecule has 0 bridgehead atoms. The number of nitrogens with zero attached hydrogens (tertiary/aromatic N) is 2. The number of para-hydroxylation sites is 1. The topological polar surface area (TPSA) is 16.1 Å².